The molecule has 0 bridgehead atoms. The molecule has 0 aromatic rings. The molecule has 1 rings (SSSR count). The van der Waals surface area contributed by atoms with E-state index in [1.54, 1.807) is 0 Å². The van der Waals surface area contributed by atoms with Crippen molar-refractivity contribution in [2.45, 2.75) is 46.6 Å². The Morgan fingerprint density at radius 2 is 1.96 bits per heavy atom. The molecule has 0 atom stereocenters. The van der Waals surface area contributed by atoms with Crippen LogP contribution >= 0.6 is 24.0 Å². The monoisotopic (exact) mass is 454 g/mol. The highest BCUT2D eigenvalue weighted by atomic mass is 127. The third-order valence-electron chi connectivity index (χ3n) is 4.44. The van der Waals surface area contributed by atoms with Crippen LogP contribution in [0.4, 0.5) is 0 Å². The van der Waals surface area contributed by atoms with Gasteiger partial charge in [0.05, 0.1) is 12.5 Å². The number of halogens is 1. The van der Waals surface area contributed by atoms with E-state index in [4.69, 9.17) is 4.74 Å². The molecule has 1 saturated heterocycles. The largest absolute Gasteiger partial charge is 0.466 e. The summed E-state index contributed by atoms with van der Waals surface area (Å²) in [6.07, 6.45) is 1.68. The summed E-state index contributed by atoms with van der Waals surface area (Å²) in [5.74, 6) is 0.929. The topological polar surface area (TPSA) is 57.2 Å². The van der Waals surface area contributed by atoms with Crippen molar-refractivity contribution in [2.75, 3.05) is 46.4 Å². The SMILES string of the molecule is CCOC(=O)C1CCN(C(=NC)NCCN(CC)C(C)C)CC1.I. The van der Waals surface area contributed by atoms with Crippen molar-refractivity contribution in [1.29, 1.82) is 0 Å². The Labute approximate surface area is 164 Å². The molecule has 0 aromatic heterocycles. The first kappa shape index (κ1) is 23.4. The van der Waals surface area contributed by atoms with Gasteiger partial charge in [0.1, 0.15) is 0 Å². The van der Waals surface area contributed by atoms with Crippen LogP contribution in [0.3, 0.4) is 0 Å². The predicted molar refractivity (Wildman–Crippen MR) is 110 cm³/mol. The molecule has 24 heavy (non-hydrogen) atoms. The predicted octanol–water partition coefficient (Wildman–Crippen LogP) is 2.19. The number of nitrogens with zero attached hydrogens (tertiary/aromatic N) is 3. The fourth-order valence-corrected chi connectivity index (χ4v) is 3.01. The van der Waals surface area contributed by atoms with Gasteiger partial charge >= 0.3 is 5.97 Å². The highest BCUT2D eigenvalue weighted by Gasteiger charge is 2.27. The van der Waals surface area contributed by atoms with Crippen LogP contribution < -0.4 is 5.32 Å². The second-order valence-electron chi connectivity index (χ2n) is 6.21. The molecule has 7 heteroatoms. The number of hydrogen-bond acceptors (Lipinski definition) is 4. The number of hydrogen-bond donors (Lipinski definition) is 1. The van der Waals surface area contributed by atoms with Crippen molar-refractivity contribution in [3.63, 3.8) is 0 Å². The van der Waals surface area contributed by atoms with Gasteiger partial charge in [-0.25, -0.2) is 0 Å². The van der Waals surface area contributed by atoms with Crippen LogP contribution in [0.25, 0.3) is 0 Å². The Morgan fingerprint density at radius 3 is 2.42 bits per heavy atom. The first-order chi connectivity index (χ1) is 11.0. The molecule has 0 aliphatic carbocycles. The van der Waals surface area contributed by atoms with Crippen molar-refractivity contribution in [2.24, 2.45) is 10.9 Å². The van der Waals surface area contributed by atoms with Crippen molar-refractivity contribution in [1.82, 2.24) is 15.1 Å². The summed E-state index contributed by atoms with van der Waals surface area (Å²) in [4.78, 5) is 20.8. The van der Waals surface area contributed by atoms with E-state index in [2.05, 4.69) is 40.9 Å². The van der Waals surface area contributed by atoms with Crippen molar-refractivity contribution in [3.8, 4) is 0 Å². The summed E-state index contributed by atoms with van der Waals surface area (Å²) in [6, 6.07) is 0.559. The Morgan fingerprint density at radius 1 is 1.33 bits per heavy atom. The van der Waals surface area contributed by atoms with Gasteiger partial charge in [0, 0.05) is 39.3 Å². The zero-order chi connectivity index (χ0) is 17.2. The van der Waals surface area contributed by atoms with E-state index in [1.807, 2.05) is 14.0 Å². The molecule has 0 radical (unpaired) electrons. The normalized spacial score (nSPS) is 16.3. The minimum Gasteiger partial charge on any atom is -0.466 e. The van der Waals surface area contributed by atoms with E-state index in [0.717, 1.165) is 51.5 Å². The number of carbonyl (C=O) groups is 1. The van der Waals surface area contributed by atoms with Gasteiger partial charge in [0.15, 0.2) is 5.96 Å². The van der Waals surface area contributed by atoms with Crippen molar-refractivity contribution >= 4 is 35.9 Å². The standard InChI is InChI=1S/C17H34N4O2.HI/c1-6-20(14(3)4)13-10-19-17(18-5)21-11-8-15(9-12-21)16(22)23-7-2;/h14-15H,6-13H2,1-5H3,(H,18,19);1H. The Balaban J connectivity index is 0.00000529. The minimum atomic E-state index is -0.0504. The molecular weight excluding hydrogens is 419 g/mol. The van der Waals surface area contributed by atoms with Crippen LogP contribution in [-0.2, 0) is 9.53 Å². The van der Waals surface area contributed by atoms with Gasteiger partial charge in [-0.1, -0.05) is 6.92 Å². The number of aliphatic imine (C=N–C) groups is 1. The Bertz CT molecular complexity index is 383. The lowest BCUT2D eigenvalue weighted by Crippen LogP contribution is -2.48. The maximum absolute atomic E-state index is 11.8. The van der Waals surface area contributed by atoms with Gasteiger partial charge < -0.3 is 15.0 Å². The number of rotatable bonds is 7. The summed E-state index contributed by atoms with van der Waals surface area (Å²) >= 11 is 0. The second kappa shape index (κ2) is 12.7. The zero-order valence-electron chi connectivity index (χ0n) is 15.9. The molecule has 1 N–H and O–H groups in total. The van der Waals surface area contributed by atoms with Gasteiger partial charge in [-0.15, -0.1) is 24.0 Å². The van der Waals surface area contributed by atoms with Crippen molar-refractivity contribution < 1.29 is 9.53 Å². The summed E-state index contributed by atoms with van der Waals surface area (Å²) in [5.41, 5.74) is 0. The number of piperidine rings is 1. The Hall–Kier alpha value is -0.570. The number of likely N-dealkylation sites (N-methyl/N-ethyl adjacent to an activating group) is 1. The number of esters is 1. The minimum absolute atomic E-state index is 0. The number of nitrogens with one attached hydrogen (secondary N) is 1. The molecule has 1 fully saturated rings. The van der Waals surface area contributed by atoms with Crippen LogP contribution in [0.2, 0.25) is 0 Å². The number of likely N-dealkylation sites (tertiary alicyclic amines) is 1. The molecule has 1 aliphatic heterocycles. The molecule has 6 nitrogen and oxygen atoms in total. The molecule has 1 heterocycles. The molecule has 0 saturated carbocycles. The first-order valence-corrected chi connectivity index (χ1v) is 8.89. The van der Waals surface area contributed by atoms with Gasteiger partial charge in [0.25, 0.3) is 0 Å². The van der Waals surface area contributed by atoms with Crippen LogP contribution in [0.15, 0.2) is 4.99 Å². The fraction of sp³-hybridized carbons (Fsp3) is 0.882. The fourth-order valence-electron chi connectivity index (χ4n) is 3.01. The lowest BCUT2D eigenvalue weighted by molar-refractivity contribution is -0.149. The number of ether oxygens (including phenoxy) is 1. The molecule has 0 aromatic carbocycles. The molecule has 142 valence electrons. The number of guanidine groups is 1. The second-order valence-corrected chi connectivity index (χ2v) is 6.21. The lowest BCUT2D eigenvalue weighted by Gasteiger charge is -2.33. The van der Waals surface area contributed by atoms with E-state index in [0.29, 0.717) is 12.6 Å². The summed E-state index contributed by atoms with van der Waals surface area (Å²) in [7, 11) is 1.82. The highest BCUT2D eigenvalue weighted by molar-refractivity contribution is 14.0. The van der Waals surface area contributed by atoms with Gasteiger partial charge in [0.2, 0.25) is 0 Å². The van der Waals surface area contributed by atoms with Crippen molar-refractivity contribution in [3.05, 3.63) is 0 Å². The van der Waals surface area contributed by atoms with E-state index in [1.165, 1.54) is 0 Å². The zero-order valence-corrected chi connectivity index (χ0v) is 18.2. The number of carbonyl (C=O) groups excluding carboxylic acids is 1. The third-order valence-corrected chi connectivity index (χ3v) is 4.44. The van der Waals surface area contributed by atoms with Crippen LogP contribution in [0.1, 0.15) is 40.5 Å². The average Bonchev–Trinajstić information content (AvgIpc) is 2.55. The molecule has 0 spiro atoms. The van der Waals surface area contributed by atoms with Crippen LogP contribution in [0, 0.1) is 5.92 Å². The van der Waals surface area contributed by atoms with Crippen LogP contribution in [0.5, 0.6) is 0 Å². The maximum atomic E-state index is 11.8. The average molecular weight is 454 g/mol. The summed E-state index contributed by atoms with van der Waals surface area (Å²) in [6.45, 7) is 13.6. The third kappa shape index (κ3) is 7.55. The van der Waals surface area contributed by atoms with E-state index < -0.39 is 0 Å². The molecule has 0 unspecified atom stereocenters. The smallest absolute Gasteiger partial charge is 0.309 e. The Kier molecular flexibility index (Phi) is 12.4. The van der Waals surface area contributed by atoms with E-state index in [-0.39, 0.29) is 35.9 Å². The van der Waals surface area contributed by atoms with Gasteiger partial charge in [-0.3, -0.25) is 14.7 Å². The van der Waals surface area contributed by atoms with Gasteiger partial charge in [-0.05, 0) is 40.2 Å². The van der Waals surface area contributed by atoms with Crippen LogP contribution in [-0.4, -0.2) is 74.1 Å². The first-order valence-electron chi connectivity index (χ1n) is 8.89. The summed E-state index contributed by atoms with van der Waals surface area (Å²) < 4.78 is 5.12. The maximum Gasteiger partial charge on any atom is 0.309 e. The molecule has 0 amide bonds. The summed E-state index contributed by atoms with van der Waals surface area (Å²) in [5, 5.41) is 3.45. The molecular formula is C17H35IN4O2. The highest BCUT2D eigenvalue weighted by Crippen LogP contribution is 2.18. The van der Waals surface area contributed by atoms with E-state index >= 15 is 0 Å². The molecule has 1 aliphatic rings. The van der Waals surface area contributed by atoms with E-state index in [9.17, 15) is 4.79 Å². The van der Waals surface area contributed by atoms with Gasteiger partial charge in [-0.2, -0.15) is 0 Å². The lowest BCUT2D eigenvalue weighted by atomic mass is 9.97. The quantitative estimate of drug-likeness (QED) is 0.277.